The summed E-state index contributed by atoms with van der Waals surface area (Å²) in [5.41, 5.74) is 3.52. The predicted octanol–water partition coefficient (Wildman–Crippen LogP) is 2.66. The first-order valence-corrected chi connectivity index (χ1v) is 9.93. The van der Waals surface area contributed by atoms with Crippen molar-refractivity contribution in [2.45, 2.75) is 0 Å². The summed E-state index contributed by atoms with van der Waals surface area (Å²) >= 11 is 0. The second-order valence-electron chi connectivity index (χ2n) is 7.22. The molecule has 2 amide bonds. The van der Waals surface area contributed by atoms with E-state index in [1.54, 1.807) is 9.80 Å². The van der Waals surface area contributed by atoms with E-state index < -0.39 is 0 Å². The van der Waals surface area contributed by atoms with Gasteiger partial charge in [-0.1, -0.05) is 36.4 Å². The van der Waals surface area contributed by atoms with Crippen LogP contribution >= 0.6 is 0 Å². The number of aromatic amines is 1. The summed E-state index contributed by atoms with van der Waals surface area (Å²) in [5, 5.41) is 8.43. The molecule has 2 heterocycles. The van der Waals surface area contributed by atoms with Gasteiger partial charge in [0.2, 0.25) is 5.91 Å². The number of hydrogen-bond donors (Lipinski definition) is 1. The molecule has 0 aliphatic carbocycles. The number of ether oxygens (including phenoxy) is 1. The lowest BCUT2D eigenvalue weighted by Crippen LogP contribution is -2.51. The molecule has 1 saturated heterocycles. The molecule has 7 heteroatoms. The van der Waals surface area contributed by atoms with Crippen molar-refractivity contribution in [2.75, 3.05) is 39.9 Å². The topological polar surface area (TPSA) is 78.5 Å². The number of aromatic nitrogens is 2. The Morgan fingerprint density at radius 3 is 2.43 bits per heavy atom. The number of carbonyl (C=O) groups excluding carboxylic acids is 2. The highest BCUT2D eigenvalue weighted by molar-refractivity contribution is 5.95. The van der Waals surface area contributed by atoms with Crippen LogP contribution in [0.2, 0.25) is 0 Å². The number of nitrogens with one attached hydrogen (secondary N) is 1. The van der Waals surface area contributed by atoms with Gasteiger partial charge in [-0.2, -0.15) is 5.10 Å². The van der Waals surface area contributed by atoms with E-state index >= 15 is 0 Å². The fraction of sp³-hybridized carbons (Fsp3) is 0.261. The smallest absolute Gasteiger partial charge is 0.253 e. The molecule has 4 rings (SSSR count). The quantitative estimate of drug-likeness (QED) is 0.709. The fourth-order valence-corrected chi connectivity index (χ4v) is 3.58. The van der Waals surface area contributed by atoms with Crippen LogP contribution in [0.1, 0.15) is 21.6 Å². The van der Waals surface area contributed by atoms with Gasteiger partial charge in [-0.25, -0.2) is 0 Å². The Balaban J connectivity index is 1.38. The molecule has 1 aliphatic heterocycles. The minimum absolute atomic E-state index is 0.0114. The Morgan fingerprint density at radius 2 is 1.70 bits per heavy atom. The third-order valence-electron chi connectivity index (χ3n) is 5.28. The number of nitrogens with zero attached hydrogens (tertiary/aromatic N) is 3. The molecule has 154 valence electrons. The number of H-pyrrole nitrogens is 1. The first kappa shape index (κ1) is 19.8. The van der Waals surface area contributed by atoms with Crippen LogP contribution in [0, 0.1) is 0 Å². The van der Waals surface area contributed by atoms with Crippen LogP contribution in [0.4, 0.5) is 0 Å². The number of methoxy groups -OCH3 is 1. The Bertz CT molecular complexity index is 1060. The van der Waals surface area contributed by atoms with Crippen molar-refractivity contribution in [2.24, 2.45) is 0 Å². The molecule has 1 N–H and O–H groups in total. The number of rotatable bonds is 5. The summed E-state index contributed by atoms with van der Waals surface area (Å²) in [6.07, 6.45) is 3.95. The fourth-order valence-electron chi connectivity index (χ4n) is 3.58. The summed E-state index contributed by atoms with van der Waals surface area (Å²) in [4.78, 5) is 28.2. The van der Waals surface area contributed by atoms with E-state index in [0.29, 0.717) is 31.7 Å². The van der Waals surface area contributed by atoms with Gasteiger partial charge in [0.1, 0.15) is 6.61 Å². The van der Waals surface area contributed by atoms with Crippen LogP contribution in [-0.2, 0) is 9.53 Å². The number of hydrogen-bond acceptors (Lipinski definition) is 4. The second-order valence-corrected chi connectivity index (χ2v) is 7.22. The molecule has 3 aromatic rings. The Morgan fingerprint density at radius 1 is 1.00 bits per heavy atom. The summed E-state index contributed by atoms with van der Waals surface area (Å²) < 4.78 is 4.89. The molecule has 7 nitrogen and oxygen atoms in total. The molecule has 0 radical (unpaired) electrons. The molecular weight excluding hydrogens is 380 g/mol. The van der Waals surface area contributed by atoms with Crippen LogP contribution in [-0.4, -0.2) is 71.7 Å². The number of piperazine rings is 1. The van der Waals surface area contributed by atoms with Crippen molar-refractivity contribution >= 4 is 34.9 Å². The van der Waals surface area contributed by atoms with Gasteiger partial charge in [-0.05, 0) is 29.8 Å². The van der Waals surface area contributed by atoms with E-state index in [1.807, 2.05) is 60.7 Å². The van der Waals surface area contributed by atoms with Crippen molar-refractivity contribution in [3.8, 4) is 0 Å². The molecule has 0 saturated carbocycles. The number of carbonyl (C=O) groups is 2. The van der Waals surface area contributed by atoms with Gasteiger partial charge in [0, 0.05) is 44.2 Å². The Kier molecular flexibility index (Phi) is 5.90. The van der Waals surface area contributed by atoms with Crippen molar-refractivity contribution in [1.29, 1.82) is 0 Å². The average Bonchev–Trinajstić information content (AvgIpc) is 3.21. The maximum atomic E-state index is 12.8. The normalized spacial score (nSPS) is 14.6. The van der Waals surface area contributed by atoms with Gasteiger partial charge in [-0.15, -0.1) is 0 Å². The average molecular weight is 404 g/mol. The summed E-state index contributed by atoms with van der Waals surface area (Å²) in [5.74, 6) is -0.0481. The van der Waals surface area contributed by atoms with Crippen molar-refractivity contribution in [3.05, 3.63) is 65.4 Å². The minimum Gasteiger partial charge on any atom is -0.375 e. The van der Waals surface area contributed by atoms with Crippen LogP contribution in [0.25, 0.3) is 23.1 Å². The zero-order chi connectivity index (χ0) is 20.9. The van der Waals surface area contributed by atoms with Gasteiger partial charge in [0.15, 0.2) is 0 Å². The van der Waals surface area contributed by atoms with Gasteiger partial charge in [0.25, 0.3) is 5.91 Å². The number of amides is 2. The maximum absolute atomic E-state index is 12.8. The number of benzene rings is 2. The van der Waals surface area contributed by atoms with E-state index in [-0.39, 0.29) is 18.4 Å². The van der Waals surface area contributed by atoms with Crippen molar-refractivity contribution in [3.63, 3.8) is 0 Å². The highest BCUT2D eigenvalue weighted by Gasteiger charge is 2.24. The first-order valence-electron chi connectivity index (χ1n) is 9.93. The Labute approximate surface area is 174 Å². The summed E-state index contributed by atoms with van der Waals surface area (Å²) in [7, 11) is 1.51. The summed E-state index contributed by atoms with van der Waals surface area (Å²) in [6, 6.07) is 15.5. The highest BCUT2D eigenvalue weighted by Crippen LogP contribution is 2.18. The molecule has 1 aromatic heterocycles. The summed E-state index contributed by atoms with van der Waals surface area (Å²) in [6.45, 7) is 2.21. The molecule has 0 unspecified atom stereocenters. The third kappa shape index (κ3) is 4.26. The second kappa shape index (κ2) is 8.92. The largest absolute Gasteiger partial charge is 0.375 e. The lowest BCUT2D eigenvalue weighted by molar-refractivity contribution is -0.136. The molecule has 0 atom stereocenters. The van der Waals surface area contributed by atoms with Crippen molar-refractivity contribution < 1.29 is 14.3 Å². The molecule has 2 aromatic carbocycles. The zero-order valence-corrected chi connectivity index (χ0v) is 16.9. The molecular formula is C23H24N4O3. The van der Waals surface area contributed by atoms with E-state index in [1.165, 1.54) is 7.11 Å². The van der Waals surface area contributed by atoms with Crippen molar-refractivity contribution in [1.82, 2.24) is 20.0 Å². The van der Waals surface area contributed by atoms with Gasteiger partial charge in [0.05, 0.1) is 11.2 Å². The SMILES string of the molecule is COCC(=O)N1CCN(C(=O)c2ccc(C=Cc3n[nH]c4ccccc34)cc2)CC1. The molecule has 30 heavy (non-hydrogen) atoms. The van der Waals surface area contributed by atoms with Crippen LogP contribution in [0.5, 0.6) is 0 Å². The predicted molar refractivity (Wildman–Crippen MR) is 116 cm³/mol. The van der Waals surface area contributed by atoms with E-state index in [2.05, 4.69) is 10.2 Å². The van der Waals surface area contributed by atoms with E-state index in [0.717, 1.165) is 22.2 Å². The van der Waals surface area contributed by atoms with Crippen LogP contribution in [0.3, 0.4) is 0 Å². The van der Waals surface area contributed by atoms with Gasteiger partial charge in [-0.3, -0.25) is 14.7 Å². The van der Waals surface area contributed by atoms with Gasteiger partial charge < -0.3 is 14.5 Å². The zero-order valence-electron chi connectivity index (χ0n) is 16.9. The van der Waals surface area contributed by atoms with E-state index in [4.69, 9.17) is 4.74 Å². The highest BCUT2D eigenvalue weighted by atomic mass is 16.5. The van der Waals surface area contributed by atoms with Gasteiger partial charge >= 0.3 is 0 Å². The van der Waals surface area contributed by atoms with Crippen LogP contribution < -0.4 is 0 Å². The van der Waals surface area contributed by atoms with E-state index in [9.17, 15) is 9.59 Å². The first-order chi connectivity index (χ1) is 14.7. The lowest BCUT2D eigenvalue weighted by atomic mass is 10.1. The third-order valence-corrected chi connectivity index (χ3v) is 5.28. The van der Waals surface area contributed by atoms with Crippen LogP contribution in [0.15, 0.2) is 48.5 Å². The standard InChI is InChI=1S/C23H24N4O3/c1-30-16-22(28)26-12-14-27(15-13-26)23(29)18-9-6-17(7-10-18)8-11-21-19-4-2-3-5-20(19)24-25-21/h2-11H,12-16H2,1H3,(H,24,25). The Hall–Kier alpha value is -3.45. The molecule has 0 spiro atoms. The monoisotopic (exact) mass is 404 g/mol. The minimum atomic E-state index is -0.0366. The lowest BCUT2D eigenvalue weighted by Gasteiger charge is -2.34. The number of para-hydroxylation sites is 1. The molecule has 1 fully saturated rings. The molecule has 0 bridgehead atoms. The molecule has 1 aliphatic rings. The number of fused-ring (bicyclic) bond motifs is 1. The maximum Gasteiger partial charge on any atom is 0.253 e.